The Morgan fingerprint density at radius 2 is 1.66 bits per heavy atom. The van der Waals surface area contributed by atoms with Gasteiger partial charge in [-0.15, -0.1) is 0 Å². The molecule has 0 bridgehead atoms. The normalized spacial score (nSPS) is 26.7. The summed E-state index contributed by atoms with van der Waals surface area (Å²) in [4.78, 5) is 36.9. The van der Waals surface area contributed by atoms with Crippen molar-refractivity contribution >= 4 is 18.0 Å². The molecule has 7 nitrogen and oxygen atoms in total. The summed E-state index contributed by atoms with van der Waals surface area (Å²) >= 11 is 0. The number of amides is 2. The Balaban J connectivity index is 1.04. The smallest absolute Gasteiger partial charge is 0.407 e. The molecule has 0 saturated heterocycles. The lowest BCUT2D eigenvalue weighted by atomic mass is 9.98. The predicted molar refractivity (Wildman–Crippen MR) is 129 cm³/mol. The van der Waals surface area contributed by atoms with Crippen LogP contribution in [0.25, 0.3) is 11.1 Å². The van der Waals surface area contributed by atoms with Crippen molar-refractivity contribution in [3.63, 3.8) is 0 Å². The van der Waals surface area contributed by atoms with Crippen molar-refractivity contribution in [1.82, 2.24) is 10.6 Å². The summed E-state index contributed by atoms with van der Waals surface area (Å²) in [5.74, 6) is -0.419. The fourth-order valence-electron chi connectivity index (χ4n) is 6.38. The number of hydrogen-bond donors (Lipinski definition) is 3. The van der Waals surface area contributed by atoms with E-state index < -0.39 is 17.5 Å². The average Bonchev–Trinajstić information content (AvgIpc) is 3.75. The number of aliphatic carboxylic acids is 1. The minimum absolute atomic E-state index is 0.00817. The van der Waals surface area contributed by atoms with Crippen molar-refractivity contribution in [1.29, 1.82) is 0 Å². The Kier molecular flexibility index (Phi) is 5.31. The van der Waals surface area contributed by atoms with E-state index in [1.165, 1.54) is 11.1 Å². The SMILES string of the molecule is O=C(CC(NC(=O)OCC1c2ccccc2-c2ccccc21)C1CC1)N[C@@H]1C[C@H]2C[C@@]2(C(=O)O)C1. The Morgan fingerprint density at radius 3 is 2.26 bits per heavy atom. The standard InChI is InChI=1S/C28H30N2O5/c31-25(29-18-11-17-13-28(17,14-18)26(32)33)12-24(16-9-10-16)30-27(34)35-15-23-21-7-3-1-5-19(21)20-6-2-4-8-22(20)23/h1-8,16-18,23-24H,9-15H2,(H,29,31)(H,30,34)(H,32,33)/t17-,18+,24?,28+/m0/s1. The van der Waals surface area contributed by atoms with Crippen LogP contribution in [-0.2, 0) is 14.3 Å². The molecule has 35 heavy (non-hydrogen) atoms. The zero-order valence-electron chi connectivity index (χ0n) is 19.5. The first-order valence-corrected chi connectivity index (χ1v) is 12.6. The van der Waals surface area contributed by atoms with Gasteiger partial charge in [0.25, 0.3) is 0 Å². The lowest BCUT2D eigenvalue weighted by Crippen LogP contribution is -2.43. The number of fused-ring (bicyclic) bond motifs is 4. The van der Waals surface area contributed by atoms with Crippen LogP contribution in [0.5, 0.6) is 0 Å². The summed E-state index contributed by atoms with van der Waals surface area (Å²) in [5, 5.41) is 15.4. The van der Waals surface area contributed by atoms with Crippen molar-refractivity contribution in [2.45, 2.75) is 56.5 Å². The van der Waals surface area contributed by atoms with E-state index in [1.807, 2.05) is 24.3 Å². The highest BCUT2D eigenvalue weighted by atomic mass is 16.5. The van der Waals surface area contributed by atoms with Crippen molar-refractivity contribution in [3.8, 4) is 11.1 Å². The van der Waals surface area contributed by atoms with E-state index in [9.17, 15) is 19.5 Å². The number of carboxylic acid groups (broad SMARTS) is 1. The Morgan fingerprint density at radius 1 is 1.00 bits per heavy atom. The lowest BCUT2D eigenvalue weighted by molar-refractivity contribution is -0.143. The molecular weight excluding hydrogens is 444 g/mol. The molecule has 4 aliphatic carbocycles. The molecule has 3 N–H and O–H groups in total. The first kappa shape index (κ1) is 22.1. The number of carbonyl (C=O) groups excluding carboxylic acids is 2. The van der Waals surface area contributed by atoms with E-state index in [1.54, 1.807) is 0 Å². The largest absolute Gasteiger partial charge is 0.481 e. The van der Waals surface area contributed by atoms with E-state index in [-0.39, 0.29) is 48.8 Å². The van der Waals surface area contributed by atoms with Gasteiger partial charge in [-0.2, -0.15) is 0 Å². The Bertz CT molecular complexity index is 1150. The van der Waals surface area contributed by atoms with Crippen LogP contribution in [0, 0.1) is 17.3 Å². The molecule has 0 heterocycles. The molecular formula is C28H30N2O5. The zero-order valence-corrected chi connectivity index (χ0v) is 19.5. The van der Waals surface area contributed by atoms with E-state index in [4.69, 9.17) is 4.74 Å². The average molecular weight is 475 g/mol. The van der Waals surface area contributed by atoms with Crippen molar-refractivity contribution in [2.75, 3.05) is 6.61 Å². The maximum atomic E-state index is 12.7. The third-order valence-corrected chi connectivity index (χ3v) is 8.45. The molecule has 182 valence electrons. The quantitative estimate of drug-likeness (QED) is 0.535. The fourth-order valence-corrected chi connectivity index (χ4v) is 6.38. The topological polar surface area (TPSA) is 105 Å². The molecule has 3 saturated carbocycles. The molecule has 0 aliphatic heterocycles. The van der Waals surface area contributed by atoms with Gasteiger partial charge in [0.1, 0.15) is 6.61 Å². The second-order valence-electron chi connectivity index (χ2n) is 10.7. The fraction of sp³-hybridized carbons (Fsp3) is 0.464. The monoisotopic (exact) mass is 474 g/mol. The number of alkyl carbamates (subject to hydrolysis) is 1. The second-order valence-corrected chi connectivity index (χ2v) is 10.7. The number of carboxylic acids is 1. The molecule has 0 radical (unpaired) electrons. The number of ether oxygens (including phenoxy) is 1. The van der Waals surface area contributed by atoms with Gasteiger partial charge in [-0.3, -0.25) is 9.59 Å². The van der Waals surface area contributed by atoms with Gasteiger partial charge >= 0.3 is 12.1 Å². The molecule has 2 amide bonds. The van der Waals surface area contributed by atoms with Crippen molar-refractivity contribution in [2.24, 2.45) is 17.3 Å². The third-order valence-electron chi connectivity index (χ3n) is 8.45. The highest BCUT2D eigenvalue weighted by molar-refractivity contribution is 5.81. The molecule has 7 heteroatoms. The van der Waals surface area contributed by atoms with Crippen LogP contribution in [-0.4, -0.2) is 41.8 Å². The highest BCUT2D eigenvalue weighted by Gasteiger charge is 2.65. The summed E-state index contributed by atoms with van der Waals surface area (Å²) in [6, 6.07) is 16.1. The summed E-state index contributed by atoms with van der Waals surface area (Å²) in [5.41, 5.74) is 4.06. The van der Waals surface area contributed by atoms with Gasteiger partial charge in [-0.1, -0.05) is 48.5 Å². The number of nitrogens with one attached hydrogen (secondary N) is 2. The van der Waals surface area contributed by atoms with Gasteiger partial charge in [0.2, 0.25) is 5.91 Å². The summed E-state index contributed by atoms with van der Waals surface area (Å²) in [6.07, 6.45) is 3.62. The maximum absolute atomic E-state index is 12.7. The van der Waals surface area contributed by atoms with E-state index in [0.717, 1.165) is 36.8 Å². The summed E-state index contributed by atoms with van der Waals surface area (Å²) in [7, 11) is 0. The highest BCUT2D eigenvalue weighted by Crippen LogP contribution is 2.63. The minimum atomic E-state index is -0.743. The predicted octanol–water partition coefficient (Wildman–Crippen LogP) is 4.06. The van der Waals surface area contributed by atoms with E-state index in [2.05, 4.69) is 34.9 Å². The number of hydrogen-bond acceptors (Lipinski definition) is 4. The van der Waals surface area contributed by atoms with Crippen LogP contribution < -0.4 is 10.6 Å². The molecule has 4 aliphatic rings. The van der Waals surface area contributed by atoms with Gasteiger partial charge in [-0.05, 0) is 66.2 Å². The molecule has 0 spiro atoms. The Labute approximate surface area is 204 Å². The second kappa shape index (κ2) is 8.40. The number of benzene rings is 2. The van der Waals surface area contributed by atoms with Crippen LogP contribution in [0.2, 0.25) is 0 Å². The zero-order chi connectivity index (χ0) is 24.2. The minimum Gasteiger partial charge on any atom is -0.481 e. The van der Waals surface area contributed by atoms with Crippen LogP contribution in [0.4, 0.5) is 4.79 Å². The van der Waals surface area contributed by atoms with Crippen LogP contribution >= 0.6 is 0 Å². The maximum Gasteiger partial charge on any atom is 0.407 e. The molecule has 0 aromatic heterocycles. The molecule has 3 fully saturated rings. The van der Waals surface area contributed by atoms with Crippen LogP contribution in [0.1, 0.15) is 55.6 Å². The number of carbonyl (C=O) groups is 3. The van der Waals surface area contributed by atoms with Crippen LogP contribution in [0.15, 0.2) is 48.5 Å². The summed E-state index contributed by atoms with van der Waals surface area (Å²) < 4.78 is 5.68. The van der Waals surface area contributed by atoms with Crippen molar-refractivity contribution in [3.05, 3.63) is 59.7 Å². The van der Waals surface area contributed by atoms with Gasteiger partial charge in [0, 0.05) is 24.4 Å². The third kappa shape index (κ3) is 4.07. The van der Waals surface area contributed by atoms with Gasteiger partial charge in [-0.25, -0.2) is 4.79 Å². The lowest BCUT2D eigenvalue weighted by Gasteiger charge is -2.21. The van der Waals surface area contributed by atoms with Crippen LogP contribution in [0.3, 0.4) is 0 Å². The van der Waals surface area contributed by atoms with E-state index in [0.29, 0.717) is 6.42 Å². The van der Waals surface area contributed by atoms with Gasteiger partial charge < -0.3 is 20.5 Å². The molecule has 6 rings (SSSR count). The molecule has 1 unspecified atom stereocenters. The number of rotatable bonds is 8. The first-order valence-electron chi connectivity index (χ1n) is 12.6. The first-order chi connectivity index (χ1) is 16.9. The van der Waals surface area contributed by atoms with E-state index >= 15 is 0 Å². The van der Waals surface area contributed by atoms with Crippen molar-refractivity contribution < 1.29 is 24.2 Å². The molecule has 2 aromatic carbocycles. The molecule has 4 atom stereocenters. The van der Waals surface area contributed by atoms with Gasteiger partial charge in [0.05, 0.1) is 5.41 Å². The van der Waals surface area contributed by atoms with Gasteiger partial charge in [0.15, 0.2) is 0 Å². The Hall–Kier alpha value is -3.35. The summed E-state index contributed by atoms with van der Waals surface area (Å²) in [6.45, 7) is 0.240. The molecule has 2 aromatic rings.